The third-order valence-electron chi connectivity index (χ3n) is 1.60. The lowest BCUT2D eigenvalue weighted by atomic mass is 10.4. The van der Waals surface area contributed by atoms with Gasteiger partial charge >= 0.3 is 0 Å². The summed E-state index contributed by atoms with van der Waals surface area (Å²) in [6.07, 6.45) is 4.00. The Morgan fingerprint density at radius 2 is 2.64 bits per heavy atom. The smallest absolute Gasteiger partial charge is 0.0981 e. The van der Waals surface area contributed by atoms with Crippen LogP contribution in [0.5, 0.6) is 0 Å². The second kappa shape index (κ2) is 2.88. The summed E-state index contributed by atoms with van der Waals surface area (Å²) in [4.78, 5) is 3.98. The van der Waals surface area contributed by atoms with Crippen LogP contribution in [-0.4, -0.2) is 24.2 Å². The number of epoxide rings is 1. The van der Waals surface area contributed by atoms with Gasteiger partial charge in [-0.2, -0.15) is 0 Å². The summed E-state index contributed by atoms with van der Waals surface area (Å²) in [7, 11) is 0. The Balaban J connectivity index is 1.85. The van der Waals surface area contributed by atoms with Crippen molar-refractivity contribution in [2.24, 2.45) is 0 Å². The van der Waals surface area contributed by atoms with Crippen molar-refractivity contribution in [3.8, 4) is 0 Å². The normalized spacial score (nSPS) is 21.3. The van der Waals surface area contributed by atoms with Crippen LogP contribution in [0.1, 0.15) is 0 Å². The van der Waals surface area contributed by atoms with Gasteiger partial charge in [-0.25, -0.2) is 0 Å². The Kier molecular flexibility index (Phi) is 1.73. The maximum atomic E-state index is 5.05. The second-order valence-corrected chi connectivity index (χ2v) is 2.58. The first kappa shape index (κ1) is 6.61. The van der Waals surface area contributed by atoms with Crippen LogP contribution in [0.2, 0.25) is 0 Å². The standard InChI is InChI=1S/C8H10N2O/c1-2-7(4-9-3-1)10-5-8-6-11-8/h1-4,8,10H,5-6H2. The molecule has 11 heavy (non-hydrogen) atoms. The largest absolute Gasteiger partial charge is 0.381 e. The number of hydrogen-bond donors (Lipinski definition) is 1. The topological polar surface area (TPSA) is 37.5 Å². The molecule has 1 aliphatic rings. The van der Waals surface area contributed by atoms with Crippen molar-refractivity contribution in [2.75, 3.05) is 18.5 Å². The van der Waals surface area contributed by atoms with E-state index in [9.17, 15) is 0 Å². The highest BCUT2D eigenvalue weighted by Gasteiger charge is 2.21. The van der Waals surface area contributed by atoms with E-state index in [-0.39, 0.29) is 0 Å². The Morgan fingerprint density at radius 3 is 3.27 bits per heavy atom. The van der Waals surface area contributed by atoms with Crippen molar-refractivity contribution in [1.82, 2.24) is 4.98 Å². The molecule has 0 radical (unpaired) electrons. The van der Waals surface area contributed by atoms with E-state index in [1.54, 1.807) is 6.20 Å². The van der Waals surface area contributed by atoms with E-state index in [0.29, 0.717) is 6.10 Å². The van der Waals surface area contributed by atoms with Gasteiger partial charge in [-0.15, -0.1) is 0 Å². The van der Waals surface area contributed by atoms with Crippen molar-refractivity contribution in [3.05, 3.63) is 24.5 Å². The molecule has 3 heteroatoms. The molecule has 1 aromatic heterocycles. The van der Waals surface area contributed by atoms with Crippen LogP contribution in [0.15, 0.2) is 24.5 Å². The van der Waals surface area contributed by atoms with Gasteiger partial charge in [0.15, 0.2) is 0 Å². The number of nitrogens with one attached hydrogen (secondary N) is 1. The molecule has 1 aliphatic heterocycles. The zero-order valence-corrected chi connectivity index (χ0v) is 6.16. The monoisotopic (exact) mass is 150 g/mol. The first-order valence-corrected chi connectivity index (χ1v) is 3.70. The molecular weight excluding hydrogens is 140 g/mol. The first-order chi connectivity index (χ1) is 5.45. The van der Waals surface area contributed by atoms with Gasteiger partial charge < -0.3 is 10.1 Å². The molecule has 58 valence electrons. The van der Waals surface area contributed by atoms with Gasteiger partial charge in [-0.3, -0.25) is 4.98 Å². The van der Waals surface area contributed by atoms with E-state index >= 15 is 0 Å². The molecule has 0 spiro atoms. The van der Waals surface area contributed by atoms with E-state index in [0.717, 1.165) is 18.8 Å². The molecule has 3 nitrogen and oxygen atoms in total. The molecule has 0 saturated carbocycles. The zero-order valence-electron chi connectivity index (χ0n) is 6.16. The molecule has 0 aliphatic carbocycles. The molecule has 1 fully saturated rings. The van der Waals surface area contributed by atoms with Gasteiger partial charge in [0.2, 0.25) is 0 Å². The lowest BCUT2D eigenvalue weighted by Crippen LogP contribution is -2.07. The predicted molar refractivity (Wildman–Crippen MR) is 42.5 cm³/mol. The van der Waals surface area contributed by atoms with E-state index in [1.165, 1.54) is 0 Å². The molecule has 2 heterocycles. The number of pyridine rings is 1. The second-order valence-electron chi connectivity index (χ2n) is 2.58. The molecule has 1 atom stereocenters. The molecule has 1 unspecified atom stereocenters. The summed E-state index contributed by atoms with van der Waals surface area (Å²) in [6.45, 7) is 1.79. The van der Waals surface area contributed by atoms with Crippen LogP contribution in [0, 0.1) is 0 Å². The minimum Gasteiger partial charge on any atom is -0.381 e. The van der Waals surface area contributed by atoms with Gasteiger partial charge in [0.05, 0.1) is 18.4 Å². The van der Waals surface area contributed by atoms with Crippen molar-refractivity contribution < 1.29 is 4.74 Å². The molecular formula is C8H10N2O. The molecule has 0 bridgehead atoms. The fraction of sp³-hybridized carbons (Fsp3) is 0.375. The molecule has 1 N–H and O–H groups in total. The maximum Gasteiger partial charge on any atom is 0.0981 e. The van der Waals surface area contributed by atoms with Crippen LogP contribution in [0.25, 0.3) is 0 Å². The van der Waals surface area contributed by atoms with Gasteiger partial charge in [-0.1, -0.05) is 0 Å². The molecule has 2 rings (SSSR count). The minimum atomic E-state index is 0.426. The van der Waals surface area contributed by atoms with Crippen LogP contribution >= 0.6 is 0 Å². The van der Waals surface area contributed by atoms with E-state index in [2.05, 4.69) is 10.3 Å². The summed E-state index contributed by atoms with van der Waals surface area (Å²) >= 11 is 0. The van der Waals surface area contributed by atoms with Gasteiger partial charge in [0, 0.05) is 18.9 Å². The number of anilines is 1. The average Bonchev–Trinajstić information content (AvgIpc) is 2.86. The Labute approximate surface area is 65.4 Å². The van der Waals surface area contributed by atoms with E-state index < -0.39 is 0 Å². The lowest BCUT2D eigenvalue weighted by molar-refractivity contribution is 0.416. The summed E-state index contributed by atoms with van der Waals surface area (Å²) in [5, 5.41) is 3.22. The number of aromatic nitrogens is 1. The molecule has 0 aromatic carbocycles. The third-order valence-corrected chi connectivity index (χ3v) is 1.60. The van der Waals surface area contributed by atoms with Crippen LogP contribution in [-0.2, 0) is 4.74 Å². The van der Waals surface area contributed by atoms with E-state index in [1.807, 2.05) is 18.3 Å². The molecule has 0 amide bonds. The number of rotatable bonds is 3. The SMILES string of the molecule is c1cncc(NCC2CO2)c1. The lowest BCUT2D eigenvalue weighted by Gasteiger charge is -2.01. The summed E-state index contributed by atoms with van der Waals surface area (Å²) < 4.78 is 5.05. The highest BCUT2D eigenvalue weighted by Crippen LogP contribution is 2.10. The third kappa shape index (κ3) is 1.91. The summed E-state index contributed by atoms with van der Waals surface area (Å²) in [5.74, 6) is 0. The number of hydrogen-bond acceptors (Lipinski definition) is 3. The first-order valence-electron chi connectivity index (χ1n) is 3.70. The highest BCUT2D eigenvalue weighted by molar-refractivity contribution is 5.39. The van der Waals surface area contributed by atoms with Crippen LogP contribution in [0.3, 0.4) is 0 Å². The van der Waals surface area contributed by atoms with Crippen molar-refractivity contribution in [3.63, 3.8) is 0 Å². The number of ether oxygens (including phenoxy) is 1. The average molecular weight is 150 g/mol. The van der Waals surface area contributed by atoms with Crippen molar-refractivity contribution in [1.29, 1.82) is 0 Å². The van der Waals surface area contributed by atoms with Crippen LogP contribution < -0.4 is 5.32 Å². The summed E-state index contributed by atoms with van der Waals surface area (Å²) in [6, 6.07) is 3.91. The van der Waals surface area contributed by atoms with Gasteiger partial charge in [-0.05, 0) is 12.1 Å². The number of nitrogens with zero attached hydrogens (tertiary/aromatic N) is 1. The van der Waals surface area contributed by atoms with Crippen molar-refractivity contribution >= 4 is 5.69 Å². The minimum absolute atomic E-state index is 0.426. The Hall–Kier alpha value is -1.09. The van der Waals surface area contributed by atoms with Gasteiger partial charge in [0.25, 0.3) is 0 Å². The predicted octanol–water partition coefficient (Wildman–Crippen LogP) is 0.892. The van der Waals surface area contributed by atoms with Crippen LogP contribution in [0.4, 0.5) is 5.69 Å². The fourth-order valence-electron chi connectivity index (χ4n) is 0.885. The quantitative estimate of drug-likeness (QED) is 0.650. The zero-order chi connectivity index (χ0) is 7.52. The highest BCUT2D eigenvalue weighted by atomic mass is 16.6. The van der Waals surface area contributed by atoms with Crippen molar-refractivity contribution in [2.45, 2.75) is 6.10 Å². The van der Waals surface area contributed by atoms with E-state index in [4.69, 9.17) is 4.74 Å². The maximum absolute atomic E-state index is 5.05. The molecule has 1 aromatic rings. The fourth-order valence-corrected chi connectivity index (χ4v) is 0.885. The Bertz CT molecular complexity index is 221. The molecule has 1 saturated heterocycles. The summed E-state index contributed by atoms with van der Waals surface area (Å²) in [5.41, 5.74) is 1.06. The van der Waals surface area contributed by atoms with Gasteiger partial charge in [0.1, 0.15) is 0 Å². The Morgan fingerprint density at radius 1 is 1.73 bits per heavy atom.